The van der Waals surface area contributed by atoms with Gasteiger partial charge in [-0.25, -0.2) is 0 Å². The number of nitrogens with one attached hydrogen (secondary N) is 1. The van der Waals surface area contributed by atoms with Crippen molar-refractivity contribution in [2.24, 2.45) is 0 Å². The van der Waals surface area contributed by atoms with E-state index in [2.05, 4.69) is 17.4 Å². The Balaban J connectivity index is 2.06. The van der Waals surface area contributed by atoms with Crippen molar-refractivity contribution >= 4 is 0 Å². The lowest BCUT2D eigenvalue weighted by atomic mass is 10.1. The van der Waals surface area contributed by atoms with Crippen LogP contribution in [0.25, 0.3) is 11.3 Å². The predicted octanol–water partition coefficient (Wildman–Crippen LogP) is 2.87. The van der Waals surface area contributed by atoms with E-state index in [0.717, 1.165) is 29.3 Å². The molecule has 21 heavy (non-hydrogen) atoms. The predicted molar refractivity (Wildman–Crippen MR) is 81.3 cm³/mol. The fourth-order valence-electron chi connectivity index (χ4n) is 1.93. The molecular formula is C16H22N2O3. The van der Waals surface area contributed by atoms with Crippen molar-refractivity contribution < 1.29 is 14.0 Å². The molecule has 0 spiro atoms. The van der Waals surface area contributed by atoms with Gasteiger partial charge in [0.05, 0.1) is 17.9 Å². The molecule has 0 aliphatic heterocycles. The van der Waals surface area contributed by atoms with Crippen LogP contribution in [0.2, 0.25) is 0 Å². The first-order valence-corrected chi connectivity index (χ1v) is 7.31. The molecule has 0 atom stereocenters. The third-order valence-corrected chi connectivity index (χ3v) is 2.96. The summed E-state index contributed by atoms with van der Waals surface area (Å²) in [5, 5.41) is 7.29. The van der Waals surface area contributed by atoms with Gasteiger partial charge in [0.1, 0.15) is 12.4 Å². The van der Waals surface area contributed by atoms with Crippen molar-refractivity contribution in [1.29, 1.82) is 0 Å². The summed E-state index contributed by atoms with van der Waals surface area (Å²) in [5.41, 5.74) is 1.79. The van der Waals surface area contributed by atoms with Crippen molar-refractivity contribution in [3.63, 3.8) is 0 Å². The van der Waals surface area contributed by atoms with Crippen LogP contribution in [0.1, 0.15) is 19.5 Å². The normalized spacial score (nSPS) is 10.8. The van der Waals surface area contributed by atoms with Gasteiger partial charge in [-0.3, -0.25) is 0 Å². The van der Waals surface area contributed by atoms with E-state index in [9.17, 15) is 0 Å². The van der Waals surface area contributed by atoms with Crippen molar-refractivity contribution in [3.8, 4) is 17.1 Å². The number of rotatable bonds is 9. The van der Waals surface area contributed by atoms with Crippen LogP contribution in [-0.2, 0) is 11.3 Å². The maximum absolute atomic E-state index is 5.76. The zero-order valence-corrected chi connectivity index (χ0v) is 12.6. The average Bonchev–Trinajstić information content (AvgIpc) is 2.98. The van der Waals surface area contributed by atoms with Crippen LogP contribution in [0.3, 0.4) is 0 Å². The second-order valence-electron chi connectivity index (χ2n) is 4.50. The van der Waals surface area contributed by atoms with Gasteiger partial charge in [0, 0.05) is 19.2 Å². The van der Waals surface area contributed by atoms with Crippen molar-refractivity contribution in [3.05, 3.63) is 36.0 Å². The minimum atomic E-state index is 0.517. The monoisotopic (exact) mass is 290 g/mol. The summed E-state index contributed by atoms with van der Waals surface area (Å²) in [4.78, 5) is 0. The number of aromatic nitrogens is 1. The van der Waals surface area contributed by atoms with E-state index in [1.807, 2.05) is 37.3 Å². The Hall–Kier alpha value is -1.85. The lowest BCUT2D eigenvalue weighted by Gasteiger charge is -2.09. The topological polar surface area (TPSA) is 56.5 Å². The number of para-hydroxylation sites is 1. The van der Waals surface area contributed by atoms with E-state index in [1.54, 1.807) is 0 Å². The van der Waals surface area contributed by atoms with Gasteiger partial charge in [0.15, 0.2) is 5.76 Å². The van der Waals surface area contributed by atoms with Gasteiger partial charge < -0.3 is 19.3 Å². The first kappa shape index (κ1) is 15.5. The van der Waals surface area contributed by atoms with Gasteiger partial charge in [-0.2, -0.15) is 0 Å². The number of ether oxygens (including phenoxy) is 2. The summed E-state index contributed by atoms with van der Waals surface area (Å²) < 4.78 is 16.5. The number of hydrogen-bond acceptors (Lipinski definition) is 5. The fourth-order valence-corrected chi connectivity index (χ4v) is 1.93. The fraction of sp³-hybridized carbons (Fsp3) is 0.438. The molecule has 0 bridgehead atoms. The highest BCUT2D eigenvalue weighted by atomic mass is 16.5. The molecule has 1 heterocycles. The van der Waals surface area contributed by atoms with E-state index in [1.165, 1.54) is 0 Å². The second kappa shape index (κ2) is 8.44. The van der Waals surface area contributed by atoms with Gasteiger partial charge >= 0.3 is 0 Å². The molecule has 0 aliphatic rings. The zero-order valence-electron chi connectivity index (χ0n) is 12.6. The minimum absolute atomic E-state index is 0.517. The average molecular weight is 290 g/mol. The molecule has 0 saturated heterocycles. The minimum Gasteiger partial charge on any atom is -0.490 e. The Morgan fingerprint density at radius 1 is 1.19 bits per heavy atom. The maximum Gasteiger partial charge on any atom is 0.170 e. The largest absolute Gasteiger partial charge is 0.490 e. The number of benzene rings is 1. The Kier molecular flexibility index (Phi) is 6.24. The van der Waals surface area contributed by atoms with E-state index < -0.39 is 0 Å². The Bertz CT molecular complexity index is 540. The molecule has 0 amide bonds. The molecule has 0 saturated carbocycles. The molecule has 0 unspecified atom stereocenters. The SMILES string of the molecule is CCNCc1cc(-c2ccccc2OCCOCC)on1. The molecule has 1 aromatic carbocycles. The summed E-state index contributed by atoms with van der Waals surface area (Å²) in [6.45, 7) is 7.42. The van der Waals surface area contributed by atoms with Crippen LogP contribution in [0.5, 0.6) is 5.75 Å². The molecule has 0 aliphatic carbocycles. The maximum atomic E-state index is 5.76. The quantitative estimate of drug-likeness (QED) is 0.720. The first-order valence-electron chi connectivity index (χ1n) is 7.31. The van der Waals surface area contributed by atoms with Crippen molar-refractivity contribution in [2.45, 2.75) is 20.4 Å². The smallest absolute Gasteiger partial charge is 0.170 e. The Labute approximate surface area is 125 Å². The summed E-state index contributed by atoms with van der Waals surface area (Å²) in [7, 11) is 0. The summed E-state index contributed by atoms with van der Waals surface area (Å²) in [6, 6.07) is 9.72. The first-order chi connectivity index (χ1) is 10.3. The summed E-state index contributed by atoms with van der Waals surface area (Å²) in [6.07, 6.45) is 0. The lowest BCUT2D eigenvalue weighted by molar-refractivity contribution is 0.110. The van der Waals surface area contributed by atoms with E-state index >= 15 is 0 Å². The van der Waals surface area contributed by atoms with Crippen LogP contribution in [0, 0.1) is 0 Å². The van der Waals surface area contributed by atoms with Crippen LogP contribution >= 0.6 is 0 Å². The third kappa shape index (κ3) is 4.58. The summed E-state index contributed by atoms with van der Waals surface area (Å²) >= 11 is 0. The zero-order chi connectivity index (χ0) is 14.9. The Morgan fingerprint density at radius 2 is 2.05 bits per heavy atom. The Morgan fingerprint density at radius 3 is 2.86 bits per heavy atom. The number of hydrogen-bond donors (Lipinski definition) is 1. The van der Waals surface area contributed by atoms with Gasteiger partial charge in [-0.15, -0.1) is 0 Å². The molecule has 2 rings (SSSR count). The molecule has 0 radical (unpaired) electrons. The molecule has 0 fully saturated rings. The van der Waals surface area contributed by atoms with Crippen LogP contribution in [-0.4, -0.2) is 31.5 Å². The molecule has 2 aromatic rings. The third-order valence-electron chi connectivity index (χ3n) is 2.96. The highest BCUT2D eigenvalue weighted by Crippen LogP contribution is 2.30. The molecule has 1 N–H and O–H groups in total. The van der Waals surface area contributed by atoms with E-state index in [-0.39, 0.29) is 0 Å². The van der Waals surface area contributed by atoms with Gasteiger partial charge in [0.2, 0.25) is 0 Å². The molecule has 5 nitrogen and oxygen atoms in total. The molecular weight excluding hydrogens is 268 g/mol. The highest BCUT2D eigenvalue weighted by Gasteiger charge is 2.11. The lowest BCUT2D eigenvalue weighted by Crippen LogP contribution is -2.11. The van der Waals surface area contributed by atoms with Crippen LogP contribution < -0.4 is 10.1 Å². The standard InChI is InChI=1S/C16H22N2O3/c1-3-17-12-13-11-16(21-18-13)14-7-5-6-8-15(14)20-10-9-19-4-2/h5-8,11,17H,3-4,9-10,12H2,1-2H3. The molecule has 5 heteroatoms. The van der Waals surface area contributed by atoms with E-state index in [4.69, 9.17) is 14.0 Å². The van der Waals surface area contributed by atoms with Gasteiger partial charge in [0.25, 0.3) is 0 Å². The van der Waals surface area contributed by atoms with Crippen molar-refractivity contribution in [2.75, 3.05) is 26.4 Å². The highest BCUT2D eigenvalue weighted by molar-refractivity contribution is 5.65. The number of nitrogens with zero attached hydrogens (tertiary/aromatic N) is 1. The molecule has 1 aromatic heterocycles. The van der Waals surface area contributed by atoms with Gasteiger partial charge in [-0.05, 0) is 25.6 Å². The van der Waals surface area contributed by atoms with Crippen LogP contribution in [0.4, 0.5) is 0 Å². The van der Waals surface area contributed by atoms with E-state index in [0.29, 0.717) is 26.4 Å². The second-order valence-corrected chi connectivity index (χ2v) is 4.50. The van der Waals surface area contributed by atoms with Crippen LogP contribution in [0.15, 0.2) is 34.9 Å². The molecule has 114 valence electrons. The van der Waals surface area contributed by atoms with Gasteiger partial charge in [-0.1, -0.05) is 24.2 Å². The van der Waals surface area contributed by atoms with Crippen molar-refractivity contribution in [1.82, 2.24) is 10.5 Å². The summed E-state index contributed by atoms with van der Waals surface area (Å²) in [5.74, 6) is 1.50.